The molecular formula is C129H104N4. The maximum atomic E-state index is 2.40. The Labute approximate surface area is 784 Å². The van der Waals surface area contributed by atoms with Crippen LogP contribution in [0.4, 0.5) is 68.2 Å². The maximum Gasteiger partial charge on any atom is 0.0701 e. The molecule has 20 aromatic carbocycles. The molecule has 0 amide bonds. The van der Waals surface area contributed by atoms with Crippen LogP contribution in [0, 0.1) is 55.4 Å². The van der Waals surface area contributed by atoms with Crippen LogP contribution in [0.3, 0.4) is 0 Å². The Morgan fingerprint density at radius 3 is 0.263 bits per heavy atom. The molecule has 20 aromatic rings. The third-order valence-electron chi connectivity index (χ3n) is 26.3. The normalized spacial score (nSPS) is 11.3. The highest BCUT2D eigenvalue weighted by Gasteiger charge is 2.40. The summed E-state index contributed by atoms with van der Waals surface area (Å²) < 4.78 is 0. The molecule has 4 heteroatoms. The van der Waals surface area contributed by atoms with Crippen molar-refractivity contribution in [3.63, 3.8) is 0 Å². The van der Waals surface area contributed by atoms with E-state index in [4.69, 9.17) is 0 Å². The lowest BCUT2D eigenvalue weighted by Gasteiger charge is -2.38. The number of hydrogen-bond donors (Lipinski definition) is 0. The number of nitrogens with zero attached hydrogens (tertiary/aromatic N) is 4. The fourth-order valence-electron chi connectivity index (χ4n) is 18.6. The third-order valence-corrected chi connectivity index (χ3v) is 26.3. The molecule has 0 saturated heterocycles. The molecule has 0 saturated carbocycles. The van der Waals surface area contributed by atoms with E-state index in [1.165, 1.54) is 89.0 Å². The first kappa shape index (κ1) is 84.7. The third kappa shape index (κ3) is 18.0. The van der Waals surface area contributed by atoms with Crippen LogP contribution >= 0.6 is 0 Å². The number of benzene rings is 20. The molecule has 0 aliphatic heterocycles. The Hall–Kier alpha value is -16.4. The van der Waals surface area contributed by atoms with E-state index in [1.54, 1.807) is 0 Å². The SMILES string of the molecule is Cc1ccc(-c2ccc(N(c3ccc(-c4ccc(C)cc4)cc3)c3ccc(C(c4ccc(N(c5ccc(-c6ccc(C)cc6)cc5)c5ccc(-c6ccc(C)cc6)cc5)cc4)(c4ccc(N(c5ccc(-c6ccc(C)cc6)cc5)c5ccc(-c6ccc(C)cc6)cc5)cc4)c4ccc(N(c5ccc(-c6ccc(C)cc6)cc5)c5ccc(-c6ccc(C)cc6)cc5)cc4)cc3)cc2)cc1. The average molecular weight is 1710 g/mol. The summed E-state index contributed by atoms with van der Waals surface area (Å²) in [5.74, 6) is 0. The minimum absolute atomic E-state index is 1.01. The summed E-state index contributed by atoms with van der Waals surface area (Å²) in [6.07, 6.45) is 0. The highest BCUT2D eigenvalue weighted by molar-refractivity contribution is 5.87. The number of rotatable bonds is 24. The minimum atomic E-state index is -1.02. The van der Waals surface area contributed by atoms with Gasteiger partial charge in [-0.15, -0.1) is 0 Å². The molecule has 640 valence electrons. The predicted molar refractivity (Wildman–Crippen MR) is 565 cm³/mol. The second-order valence-electron chi connectivity index (χ2n) is 35.6. The first-order chi connectivity index (χ1) is 65.1. The summed E-state index contributed by atoms with van der Waals surface area (Å²) in [6, 6.07) is 181. The number of aryl methyl sites for hydroxylation is 8. The quantitative estimate of drug-likeness (QED) is 0.0559. The molecule has 0 heterocycles. The van der Waals surface area contributed by atoms with Crippen molar-refractivity contribution in [2.24, 2.45) is 0 Å². The molecule has 0 bridgehead atoms. The lowest BCUT2D eigenvalue weighted by molar-refractivity contribution is 0.745. The largest absolute Gasteiger partial charge is 0.311 e. The Balaban J connectivity index is 0.796. The lowest BCUT2D eigenvalue weighted by atomic mass is 9.65. The van der Waals surface area contributed by atoms with Gasteiger partial charge in [-0.2, -0.15) is 0 Å². The van der Waals surface area contributed by atoms with Gasteiger partial charge in [0.2, 0.25) is 0 Å². The van der Waals surface area contributed by atoms with Gasteiger partial charge in [0.25, 0.3) is 0 Å². The molecule has 4 nitrogen and oxygen atoms in total. The minimum Gasteiger partial charge on any atom is -0.311 e. The van der Waals surface area contributed by atoms with Gasteiger partial charge in [-0.1, -0.05) is 384 Å². The van der Waals surface area contributed by atoms with Crippen molar-refractivity contribution in [1.29, 1.82) is 0 Å². The van der Waals surface area contributed by atoms with E-state index >= 15 is 0 Å². The van der Waals surface area contributed by atoms with Gasteiger partial charge >= 0.3 is 0 Å². The van der Waals surface area contributed by atoms with E-state index in [9.17, 15) is 0 Å². The molecule has 0 radical (unpaired) electrons. The lowest BCUT2D eigenvalue weighted by Crippen LogP contribution is -2.31. The molecule has 0 unspecified atom stereocenters. The second kappa shape index (κ2) is 37.4. The van der Waals surface area contributed by atoms with Crippen molar-refractivity contribution in [2.45, 2.75) is 60.8 Å². The maximum absolute atomic E-state index is 2.40. The first-order valence-corrected chi connectivity index (χ1v) is 46.1. The van der Waals surface area contributed by atoms with Crippen LogP contribution in [0.5, 0.6) is 0 Å². The molecule has 20 rings (SSSR count). The van der Waals surface area contributed by atoms with E-state index in [-0.39, 0.29) is 0 Å². The van der Waals surface area contributed by atoms with Crippen molar-refractivity contribution in [1.82, 2.24) is 0 Å². The van der Waals surface area contributed by atoms with Crippen molar-refractivity contribution in [3.05, 3.63) is 552 Å². The van der Waals surface area contributed by atoms with Crippen LogP contribution in [0.15, 0.2) is 485 Å². The molecule has 0 aliphatic carbocycles. The van der Waals surface area contributed by atoms with Crippen LogP contribution < -0.4 is 19.6 Å². The van der Waals surface area contributed by atoms with Crippen molar-refractivity contribution in [3.8, 4) is 89.0 Å². The zero-order valence-corrected chi connectivity index (χ0v) is 76.5. The molecule has 0 N–H and O–H groups in total. The fourth-order valence-corrected chi connectivity index (χ4v) is 18.6. The predicted octanol–water partition coefficient (Wildman–Crippen LogP) is 35.8. The first-order valence-electron chi connectivity index (χ1n) is 46.1. The number of anilines is 12. The van der Waals surface area contributed by atoms with Crippen LogP contribution in [0.25, 0.3) is 89.0 Å². The summed E-state index contributed by atoms with van der Waals surface area (Å²) in [7, 11) is 0. The molecule has 0 aromatic heterocycles. The highest BCUT2D eigenvalue weighted by Crippen LogP contribution is 2.51. The summed E-state index contributed by atoms with van der Waals surface area (Å²) in [5, 5.41) is 0. The second-order valence-corrected chi connectivity index (χ2v) is 35.6. The molecule has 0 atom stereocenters. The van der Waals surface area contributed by atoms with Gasteiger partial charge < -0.3 is 19.6 Å². The van der Waals surface area contributed by atoms with Crippen LogP contribution in [-0.4, -0.2) is 0 Å². The van der Waals surface area contributed by atoms with Gasteiger partial charge in [0.05, 0.1) is 5.41 Å². The zero-order chi connectivity index (χ0) is 90.5. The van der Waals surface area contributed by atoms with Gasteiger partial charge in [-0.05, 0) is 312 Å². The Morgan fingerprint density at radius 2 is 0.173 bits per heavy atom. The van der Waals surface area contributed by atoms with Crippen molar-refractivity contribution >= 4 is 68.2 Å². The Kier molecular flexibility index (Phi) is 23.8. The van der Waals surface area contributed by atoms with Crippen molar-refractivity contribution in [2.75, 3.05) is 19.6 Å². The summed E-state index contributed by atoms with van der Waals surface area (Å²) in [4.78, 5) is 9.62. The molecule has 0 aliphatic rings. The zero-order valence-electron chi connectivity index (χ0n) is 76.5. The van der Waals surface area contributed by atoms with E-state index in [2.05, 4.69) is 560 Å². The van der Waals surface area contributed by atoms with Gasteiger partial charge in [0.15, 0.2) is 0 Å². The summed E-state index contributed by atoms with van der Waals surface area (Å²) in [6.45, 7) is 17.2. The molecule has 0 spiro atoms. The summed E-state index contributed by atoms with van der Waals surface area (Å²) >= 11 is 0. The van der Waals surface area contributed by atoms with Crippen LogP contribution in [0.1, 0.15) is 66.8 Å². The van der Waals surface area contributed by atoms with Gasteiger partial charge in [-0.25, -0.2) is 0 Å². The Morgan fingerprint density at radius 1 is 0.0977 bits per heavy atom. The topological polar surface area (TPSA) is 13.0 Å². The number of hydrogen-bond acceptors (Lipinski definition) is 4. The van der Waals surface area contributed by atoms with Crippen LogP contribution in [-0.2, 0) is 5.41 Å². The Bertz CT molecular complexity index is 6090. The van der Waals surface area contributed by atoms with Crippen molar-refractivity contribution < 1.29 is 0 Å². The van der Waals surface area contributed by atoms with E-state index in [0.29, 0.717) is 0 Å². The van der Waals surface area contributed by atoms with Gasteiger partial charge in [0.1, 0.15) is 0 Å². The molecule has 0 fully saturated rings. The highest BCUT2D eigenvalue weighted by atomic mass is 15.2. The van der Waals surface area contributed by atoms with Crippen LogP contribution in [0.2, 0.25) is 0 Å². The summed E-state index contributed by atoms with van der Waals surface area (Å²) in [5.41, 5.74) is 44.1. The average Bonchev–Trinajstić information content (AvgIpc) is 0.722. The molecule has 133 heavy (non-hydrogen) atoms. The van der Waals surface area contributed by atoms with E-state index in [1.807, 2.05) is 0 Å². The standard InChI is InChI=1S/C129H104N4/c1-89-9-25-97(26-10-89)105-41-65-117(66-42-105)130(118-67-43-106(44-68-118)98-27-11-90(2)12-28-98)125-81-57-113(58-82-125)129(114-59-83-126(84-60-114)131(119-69-45-107(46-70-119)99-29-13-91(3)14-30-99)120-71-47-108(48-72-120)100-31-15-92(4)16-32-100,115-61-85-127(86-62-115)132(121-73-49-109(50-74-121)101-33-17-93(5)18-34-101)122-75-51-110(52-76-122)102-35-19-94(6)20-36-102)116-63-87-128(88-64-116)133(123-77-53-111(54-78-123)103-37-21-95(7)22-38-103)124-79-55-112(56-80-124)104-39-23-96(8)24-40-104/h9-88H,1-8H3. The van der Waals surface area contributed by atoms with E-state index < -0.39 is 5.41 Å². The van der Waals surface area contributed by atoms with E-state index in [0.717, 1.165) is 135 Å². The van der Waals surface area contributed by atoms with Gasteiger partial charge in [0, 0.05) is 68.2 Å². The smallest absolute Gasteiger partial charge is 0.0701 e. The molecular weight excluding hydrogens is 1610 g/mol. The fraction of sp³-hybridized carbons (Fsp3) is 0.0698. The van der Waals surface area contributed by atoms with Gasteiger partial charge in [-0.3, -0.25) is 0 Å². The monoisotopic (exact) mass is 1710 g/mol.